The molecular weight excluding hydrogens is 222 g/mol. The highest BCUT2D eigenvalue weighted by Gasteiger charge is 2.26. The lowest BCUT2D eigenvalue weighted by molar-refractivity contribution is -0.0264. The third kappa shape index (κ3) is 5.19. The Morgan fingerprint density at radius 3 is 2.88 bits per heavy atom. The Labute approximate surface area is 102 Å². The van der Waals surface area contributed by atoms with Gasteiger partial charge in [0.2, 0.25) is 0 Å². The first kappa shape index (κ1) is 14.0. The molecule has 1 aliphatic heterocycles. The molecule has 0 aromatic carbocycles. The van der Waals surface area contributed by atoms with Crippen molar-refractivity contribution >= 4 is 6.09 Å². The van der Waals surface area contributed by atoms with E-state index < -0.39 is 5.60 Å². The fraction of sp³-hybridized carbons (Fsp3) is 0.750. The molecule has 1 saturated heterocycles. The molecule has 0 spiro atoms. The Kier molecular flexibility index (Phi) is 4.96. The quantitative estimate of drug-likeness (QED) is 0.740. The highest BCUT2D eigenvalue weighted by molar-refractivity contribution is 5.68. The summed E-state index contributed by atoms with van der Waals surface area (Å²) in [4.78, 5) is 13.4. The van der Waals surface area contributed by atoms with Gasteiger partial charge in [0.1, 0.15) is 5.60 Å². The van der Waals surface area contributed by atoms with Gasteiger partial charge in [0.15, 0.2) is 0 Å². The molecule has 98 valence electrons. The number of hydrogen-bond donors (Lipinski definition) is 1. The summed E-state index contributed by atoms with van der Waals surface area (Å²) in [5, 5.41) is 8.68. The summed E-state index contributed by atoms with van der Waals surface area (Å²) >= 11 is 0. The summed E-state index contributed by atoms with van der Waals surface area (Å²) in [6.07, 6.45) is 2.89. The van der Waals surface area contributed by atoms with Crippen LogP contribution in [-0.4, -0.2) is 54.1 Å². The van der Waals surface area contributed by atoms with Crippen molar-refractivity contribution in [2.45, 2.75) is 32.5 Å². The first-order chi connectivity index (χ1) is 7.92. The number of hydrogen-bond acceptors (Lipinski definition) is 4. The van der Waals surface area contributed by atoms with Gasteiger partial charge < -0.3 is 19.5 Å². The Balaban J connectivity index is 2.49. The molecule has 5 heteroatoms. The molecule has 1 amide bonds. The Morgan fingerprint density at radius 2 is 2.29 bits per heavy atom. The minimum absolute atomic E-state index is 0.0215. The van der Waals surface area contributed by atoms with E-state index in [-0.39, 0.29) is 18.8 Å². The molecule has 0 unspecified atom stereocenters. The van der Waals surface area contributed by atoms with Crippen molar-refractivity contribution in [2.24, 2.45) is 0 Å². The fourth-order valence-corrected chi connectivity index (χ4v) is 1.50. The van der Waals surface area contributed by atoms with E-state index in [0.29, 0.717) is 19.7 Å². The SMILES string of the molecule is CC(C)(C)OC(=O)N1CCO[C@@H](/C=C/CO)C1. The monoisotopic (exact) mass is 243 g/mol. The predicted octanol–water partition coefficient (Wildman–Crippen LogP) is 1.17. The standard InChI is InChI=1S/C12H21NO4/c1-12(2,3)17-11(15)13-6-8-16-10(9-13)5-4-7-14/h4-5,10,14H,6-9H2,1-3H3/b5-4+/t10-/m0/s1. The van der Waals surface area contributed by atoms with E-state index in [2.05, 4.69) is 0 Å². The minimum atomic E-state index is -0.480. The minimum Gasteiger partial charge on any atom is -0.444 e. The van der Waals surface area contributed by atoms with Crippen LogP contribution in [0.5, 0.6) is 0 Å². The van der Waals surface area contributed by atoms with E-state index in [1.54, 1.807) is 17.1 Å². The molecule has 5 nitrogen and oxygen atoms in total. The van der Waals surface area contributed by atoms with Crippen LogP contribution in [0.15, 0.2) is 12.2 Å². The second-order valence-corrected chi connectivity index (χ2v) is 4.95. The van der Waals surface area contributed by atoms with Gasteiger partial charge in [-0.05, 0) is 20.8 Å². The van der Waals surface area contributed by atoms with Gasteiger partial charge in [-0.15, -0.1) is 0 Å². The normalized spacial score (nSPS) is 21.9. The fourth-order valence-electron chi connectivity index (χ4n) is 1.50. The number of rotatable bonds is 2. The average Bonchev–Trinajstić information content (AvgIpc) is 2.24. The van der Waals surface area contributed by atoms with Gasteiger partial charge in [0.05, 0.1) is 25.9 Å². The van der Waals surface area contributed by atoms with Gasteiger partial charge in [-0.1, -0.05) is 12.2 Å². The zero-order valence-electron chi connectivity index (χ0n) is 10.7. The molecular formula is C12H21NO4. The largest absolute Gasteiger partial charge is 0.444 e. The second kappa shape index (κ2) is 6.02. The number of carbonyl (C=O) groups excluding carboxylic acids is 1. The molecule has 0 aromatic heterocycles. The van der Waals surface area contributed by atoms with Gasteiger partial charge in [-0.2, -0.15) is 0 Å². The zero-order chi connectivity index (χ0) is 12.9. The summed E-state index contributed by atoms with van der Waals surface area (Å²) in [7, 11) is 0. The van der Waals surface area contributed by atoms with Crippen LogP contribution in [0.1, 0.15) is 20.8 Å². The van der Waals surface area contributed by atoms with Gasteiger partial charge in [-0.3, -0.25) is 0 Å². The van der Waals surface area contributed by atoms with Crippen molar-refractivity contribution in [3.05, 3.63) is 12.2 Å². The molecule has 1 N–H and O–H groups in total. The van der Waals surface area contributed by atoms with Crippen LogP contribution in [0.3, 0.4) is 0 Å². The summed E-state index contributed by atoms with van der Waals surface area (Å²) in [5.41, 5.74) is -0.480. The van der Waals surface area contributed by atoms with E-state index >= 15 is 0 Å². The molecule has 0 bridgehead atoms. The maximum Gasteiger partial charge on any atom is 0.410 e. The van der Waals surface area contributed by atoms with Crippen molar-refractivity contribution in [1.82, 2.24) is 4.90 Å². The lowest BCUT2D eigenvalue weighted by Gasteiger charge is -2.33. The van der Waals surface area contributed by atoms with Crippen LogP contribution in [-0.2, 0) is 9.47 Å². The molecule has 0 saturated carbocycles. The number of amides is 1. The number of nitrogens with zero attached hydrogens (tertiary/aromatic N) is 1. The topological polar surface area (TPSA) is 59.0 Å². The van der Waals surface area contributed by atoms with Gasteiger partial charge in [-0.25, -0.2) is 4.79 Å². The van der Waals surface area contributed by atoms with Crippen molar-refractivity contribution in [3.8, 4) is 0 Å². The van der Waals surface area contributed by atoms with Crippen LogP contribution < -0.4 is 0 Å². The molecule has 1 rings (SSSR count). The maximum atomic E-state index is 11.8. The highest BCUT2D eigenvalue weighted by Crippen LogP contribution is 2.13. The molecule has 0 aliphatic carbocycles. The average molecular weight is 243 g/mol. The lowest BCUT2D eigenvalue weighted by Crippen LogP contribution is -2.46. The summed E-state index contributed by atoms with van der Waals surface area (Å²) in [6.45, 7) is 6.99. The third-order valence-corrected chi connectivity index (χ3v) is 2.20. The van der Waals surface area contributed by atoms with E-state index in [1.165, 1.54) is 0 Å². The van der Waals surface area contributed by atoms with Crippen molar-refractivity contribution in [1.29, 1.82) is 0 Å². The smallest absolute Gasteiger partial charge is 0.410 e. The van der Waals surface area contributed by atoms with Gasteiger partial charge >= 0.3 is 6.09 Å². The first-order valence-corrected chi connectivity index (χ1v) is 5.79. The summed E-state index contributed by atoms with van der Waals surface area (Å²) in [5.74, 6) is 0. The third-order valence-electron chi connectivity index (χ3n) is 2.20. The lowest BCUT2D eigenvalue weighted by atomic mass is 10.2. The van der Waals surface area contributed by atoms with E-state index in [9.17, 15) is 4.79 Å². The van der Waals surface area contributed by atoms with E-state index in [4.69, 9.17) is 14.6 Å². The van der Waals surface area contributed by atoms with Gasteiger partial charge in [0.25, 0.3) is 0 Å². The van der Waals surface area contributed by atoms with Crippen molar-refractivity contribution in [2.75, 3.05) is 26.3 Å². The molecule has 1 aliphatic rings. The Morgan fingerprint density at radius 1 is 1.59 bits per heavy atom. The van der Waals surface area contributed by atoms with Crippen LogP contribution in [0.25, 0.3) is 0 Å². The second-order valence-electron chi connectivity index (χ2n) is 4.95. The molecule has 0 aromatic rings. The molecule has 1 heterocycles. The van der Waals surface area contributed by atoms with Crippen molar-refractivity contribution < 1.29 is 19.4 Å². The number of aliphatic hydroxyl groups excluding tert-OH is 1. The van der Waals surface area contributed by atoms with Crippen LogP contribution >= 0.6 is 0 Å². The maximum absolute atomic E-state index is 11.8. The molecule has 17 heavy (non-hydrogen) atoms. The Bertz CT molecular complexity index is 283. The van der Waals surface area contributed by atoms with Gasteiger partial charge in [0, 0.05) is 6.54 Å². The number of ether oxygens (including phenoxy) is 2. The highest BCUT2D eigenvalue weighted by atomic mass is 16.6. The van der Waals surface area contributed by atoms with Crippen LogP contribution in [0.4, 0.5) is 4.79 Å². The number of aliphatic hydroxyl groups is 1. The first-order valence-electron chi connectivity index (χ1n) is 5.79. The molecule has 0 radical (unpaired) electrons. The predicted molar refractivity (Wildman–Crippen MR) is 63.8 cm³/mol. The van der Waals surface area contributed by atoms with Crippen molar-refractivity contribution in [3.63, 3.8) is 0 Å². The number of carbonyl (C=O) groups is 1. The van der Waals surface area contributed by atoms with E-state index in [0.717, 1.165) is 0 Å². The van der Waals surface area contributed by atoms with Crippen LogP contribution in [0.2, 0.25) is 0 Å². The molecule has 1 atom stereocenters. The summed E-state index contributed by atoms with van der Waals surface area (Å²) in [6, 6.07) is 0. The van der Waals surface area contributed by atoms with E-state index in [1.807, 2.05) is 20.8 Å². The number of morpholine rings is 1. The Hall–Kier alpha value is -1.07. The summed E-state index contributed by atoms with van der Waals surface area (Å²) < 4.78 is 10.7. The van der Waals surface area contributed by atoms with Crippen LogP contribution in [0, 0.1) is 0 Å². The zero-order valence-corrected chi connectivity index (χ0v) is 10.7. The molecule has 1 fully saturated rings.